The van der Waals surface area contributed by atoms with Gasteiger partial charge in [-0.05, 0) is 32.6 Å². The number of hydrogen-bond acceptors (Lipinski definition) is 6. The highest BCUT2D eigenvalue weighted by Crippen LogP contribution is 2.38. The van der Waals surface area contributed by atoms with Crippen LogP contribution in [0, 0.1) is 6.92 Å². The fourth-order valence-corrected chi connectivity index (χ4v) is 5.02. The molecule has 0 radical (unpaired) electrons. The van der Waals surface area contributed by atoms with E-state index in [0.29, 0.717) is 31.1 Å². The topological polar surface area (TPSA) is 85.5 Å². The number of rotatable bonds is 4. The summed E-state index contributed by atoms with van der Waals surface area (Å²) in [5.41, 5.74) is 0. The lowest BCUT2D eigenvalue weighted by Gasteiger charge is -2.34. The van der Waals surface area contributed by atoms with Gasteiger partial charge in [-0.1, -0.05) is 12.1 Å². The molecule has 0 spiro atoms. The maximum absolute atomic E-state index is 12.3. The van der Waals surface area contributed by atoms with Crippen molar-refractivity contribution in [2.24, 2.45) is 0 Å². The first-order valence-corrected chi connectivity index (χ1v) is 9.07. The van der Waals surface area contributed by atoms with Gasteiger partial charge in [0.05, 0.1) is 17.9 Å². The second kappa shape index (κ2) is 5.66. The molecule has 2 fully saturated rings. The summed E-state index contributed by atoms with van der Waals surface area (Å²) in [6.07, 6.45) is 2.59. The van der Waals surface area contributed by atoms with Gasteiger partial charge in [-0.2, -0.15) is 9.29 Å². The predicted octanol–water partition coefficient (Wildman–Crippen LogP) is 1.41. The number of hydrogen-bond donors (Lipinski definition) is 0. The molecule has 0 saturated carbocycles. The van der Waals surface area contributed by atoms with Crippen molar-refractivity contribution in [2.75, 3.05) is 12.3 Å². The lowest BCUT2D eigenvalue weighted by molar-refractivity contribution is -0.0753. The summed E-state index contributed by atoms with van der Waals surface area (Å²) in [6, 6.07) is -0.0400. The summed E-state index contributed by atoms with van der Waals surface area (Å²) in [5.74, 6) is 1.30. The van der Waals surface area contributed by atoms with Crippen LogP contribution >= 0.6 is 0 Å². The molecular formula is C13H21N3O4S. The van der Waals surface area contributed by atoms with E-state index in [4.69, 9.17) is 9.26 Å². The predicted molar refractivity (Wildman–Crippen MR) is 75.1 cm³/mol. The van der Waals surface area contributed by atoms with E-state index in [1.807, 2.05) is 6.92 Å². The lowest BCUT2D eigenvalue weighted by Crippen LogP contribution is -2.44. The second-order valence-corrected chi connectivity index (χ2v) is 7.74. The van der Waals surface area contributed by atoms with Crippen molar-refractivity contribution in [1.82, 2.24) is 14.4 Å². The molecule has 0 aromatic carbocycles. The molecule has 2 saturated heterocycles. The van der Waals surface area contributed by atoms with Crippen molar-refractivity contribution < 1.29 is 17.7 Å². The monoisotopic (exact) mass is 315 g/mol. The zero-order valence-electron chi connectivity index (χ0n) is 12.4. The van der Waals surface area contributed by atoms with Gasteiger partial charge in [-0.3, -0.25) is 0 Å². The molecule has 0 unspecified atom stereocenters. The molecule has 21 heavy (non-hydrogen) atoms. The Hall–Kier alpha value is -0.990. The molecule has 8 heteroatoms. The van der Waals surface area contributed by atoms with Gasteiger partial charge < -0.3 is 9.26 Å². The minimum absolute atomic E-state index is 0.0400. The molecule has 2 aliphatic heterocycles. The van der Waals surface area contributed by atoms with E-state index in [2.05, 4.69) is 10.1 Å². The van der Waals surface area contributed by atoms with Gasteiger partial charge >= 0.3 is 0 Å². The minimum Gasteiger partial charge on any atom is -0.363 e. The number of sulfonamides is 1. The highest BCUT2D eigenvalue weighted by Gasteiger charge is 2.45. The Morgan fingerprint density at radius 3 is 2.81 bits per heavy atom. The first kappa shape index (κ1) is 14.9. The van der Waals surface area contributed by atoms with Crippen LogP contribution in [-0.4, -0.2) is 47.3 Å². The van der Waals surface area contributed by atoms with Crippen molar-refractivity contribution in [3.63, 3.8) is 0 Å². The molecule has 7 nitrogen and oxygen atoms in total. The quantitative estimate of drug-likeness (QED) is 0.835. The summed E-state index contributed by atoms with van der Waals surface area (Å²) in [5, 5.41) is 3.78. The van der Waals surface area contributed by atoms with Gasteiger partial charge in [0.25, 0.3) is 5.89 Å². The number of aromatic nitrogens is 2. The Morgan fingerprint density at radius 2 is 2.14 bits per heavy atom. The van der Waals surface area contributed by atoms with Gasteiger partial charge in [-0.15, -0.1) is 0 Å². The fourth-order valence-electron chi connectivity index (χ4n) is 3.23. The molecule has 1 aromatic rings. The van der Waals surface area contributed by atoms with E-state index < -0.39 is 10.0 Å². The molecule has 0 N–H and O–H groups in total. The van der Waals surface area contributed by atoms with Crippen molar-refractivity contribution >= 4 is 10.0 Å². The van der Waals surface area contributed by atoms with Gasteiger partial charge in [-0.25, -0.2) is 8.42 Å². The van der Waals surface area contributed by atoms with Crippen LogP contribution in [0.2, 0.25) is 0 Å². The molecule has 3 rings (SSSR count). The van der Waals surface area contributed by atoms with E-state index in [1.54, 1.807) is 11.2 Å². The van der Waals surface area contributed by atoms with Crippen LogP contribution in [0.1, 0.15) is 50.4 Å². The van der Waals surface area contributed by atoms with Crippen LogP contribution in [-0.2, 0) is 14.8 Å². The number of fused-ring (bicyclic) bond motifs is 1. The number of nitrogens with zero attached hydrogens (tertiary/aromatic N) is 3. The summed E-state index contributed by atoms with van der Waals surface area (Å²) in [6.45, 7) is 4.21. The minimum atomic E-state index is -3.16. The molecule has 0 aliphatic carbocycles. The van der Waals surface area contributed by atoms with Crippen LogP contribution in [0.5, 0.6) is 0 Å². The van der Waals surface area contributed by atoms with Crippen molar-refractivity contribution in [3.05, 3.63) is 11.7 Å². The summed E-state index contributed by atoms with van der Waals surface area (Å²) >= 11 is 0. The van der Waals surface area contributed by atoms with Crippen molar-refractivity contribution in [1.29, 1.82) is 0 Å². The van der Waals surface area contributed by atoms with E-state index in [0.717, 1.165) is 12.8 Å². The number of ether oxygens (including phenoxy) is 1. The molecule has 0 amide bonds. The second-order valence-electron chi connectivity index (χ2n) is 5.70. The zero-order chi connectivity index (χ0) is 15.0. The van der Waals surface area contributed by atoms with Crippen LogP contribution in [0.25, 0.3) is 0 Å². The molecule has 1 aromatic heterocycles. The normalized spacial score (nSPS) is 30.5. The van der Waals surface area contributed by atoms with Gasteiger partial charge in [0, 0.05) is 6.54 Å². The Balaban J connectivity index is 1.70. The number of aryl methyl sites for hydroxylation is 1. The third kappa shape index (κ3) is 2.84. The third-order valence-electron chi connectivity index (χ3n) is 4.13. The third-order valence-corrected chi connectivity index (χ3v) is 6.23. The van der Waals surface area contributed by atoms with Crippen LogP contribution < -0.4 is 0 Å². The van der Waals surface area contributed by atoms with Gasteiger partial charge in [0.1, 0.15) is 6.10 Å². The molecule has 3 atom stereocenters. The largest absolute Gasteiger partial charge is 0.363 e. The average molecular weight is 315 g/mol. The average Bonchev–Trinajstić information content (AvgIpc) is 3.04. The van der Waals surface area contributed by atoms with Crippen LogP contribution in [0.15, 0.2) is 4.52 Å². The SMILES string of the molecule is CCCS(=O)(=O)N1CC[C@H]2O[C@@H](c3nc(C)no3)CC[C@H]21. The summed E-state index contributed by atoms with van der Waals surface area (Å²) in [7, 11) is -3.16. The molecule has 3 heterocycles. The van der Waals surface area contributed by atoms with Crippen molar-refractivity contribution in [2.45, 2.75) is 57.8 Å². The summed E-state index contributed by atoms with van der Waals surface area (Å²) < 4.78 is 37.4. The standard InChI is InChI=1S/C13H21N3O4S/c1-3-8-21(17,18)16-7-6-11-10(16)4-5-12(19-11)13-14-9(2)15-20-13/h10-12H,3-8H2,1-2H3/t10-,11-,12-/m1/s1. The van der Waals surface area contributed by atoms with Crippen LogP contribution in [0.3, 0.4) is 0 Å². The van der Waals surface area contributed by atoms with Crippen LogP contribution in [0.4, 0.5) is 0 Å². The summed E-state index contributed by atoms with van der Waals surface area (Å²) in [4.78, 5) is 4.21. The first-order valence-electron chi connectivity index (χ1n) is 7.46. The molecule has 2 aliphatic rings. The Labute approximate surface area is 124 Å². The van der Waals surface area contributed by atoms with E-state index in [9.17, 15) is 8.42 Å². The van der Waals surface area contributed by atoms with E-state index in [-0.39, 0.29) is 24.0 Å². The maximum Gasteiger partial charge on any atom is 0.255 e. The van der Waals surface area contributed by atoms with Gasteiger partial charge in [0.2, 0.25) is 10.0 Å². The maximum atomic E-state index is 12.3. The van der Waals surface area contributed by atoms with E-state index in [1.165, 1.54) is 0 Å². The fraction of sp³-hybridized carbons (Fsp3) is 0.846. The lowest BCUT2D eigenvalue weighted by atomic mass is 10.00. The Kier molecular flexibility index (Phi) is 4.02. The zero-order valence-corrected chi connectivity index (χ0v) is 13.2. The first-order chi connectivity index (χ1) is 10.0. The smallest absolute Gasteiger partial charge is 0.255 e. The highest BCUT2D eigenvalue weighted by atomic mass is 32.2. The van der Waals surface area contributed by atoms with Gasteiger partial charge in [0.15, 0.2) is 5.82 Å². The molecular weight excluding hydrogens is 294 g/mol. The van der Waals surface area contributed by atoms with Crippen molar-refractivity contribution in [3.8, 4) is 0 Å². The molecule has 118 valence electrons. The molecule has 0 bridgehead atoms. The highest BCUT2D eigenvalue weighted by molar-refractivity contribution is 7.89. The van der Waals surface area contributed by atoms with E-state index >= 15 is 0 Å². The Morgan fingerprint density at radius 1 is 1.33 bits per heavy atom. The Bertz CT molecular complexity index is 600.